The molecule has 0 amide bonds. The lowest BCUT2D eigenvalue weighted by molar-refractivity contribution is -0.141. The molecular weight excluding hydrogens is 236 g/mol. The minimum absolute atomic E-state index is 0.228. The summed E-state index contributed by atoms with van der Waals surface area (Å²) in [6.07, 6.45) is 1.81. The van der Waals surface area contributed by atoms with E-state index in [2.05, 4.69) is 20.6 Å². The highest BCUT2D eigenvalue weighted by atomic mass is 16.4. The van der Waals surface area contributed by atoms with Crippen molar-refractivity contribution in [2.24, 2.45) is 13.0 Å². The van der Waals surface area contributed by atoms with Crippen molar-refractivity contribution in [3.05, 3.63) is 11.9 Å². The number of hydrogen-bond acceptors (Lipinski definition) is 5. The Hall–Kier alpha value is -2.25. The van der Waals surface area contributed by atoms with Crippen molar-refractivity contribution in [3.63, 3.8) is 0 Å². The highest BCUT2D eigenvalue weighted by Gasteiger charge is 2.18. The largest absolute Gasteiger partial charge is 0.481 e. The fourth-order valence-corrected chi connectivity index (χ4v) is 1.68. The number of tetrazole rings is 1. The summed E-state index contributed by atoms with van der Waals surface area (Å²) in [5.74, 6) is -0.891. The van der Waals surface area contributed by atoms with E-state index in [4.69, 9.17) is 5.11 Å². The Morgan fingerprint density at radius 1 is 1.56 bits per heavy atom. The fraction of sp³-hybridized carbons (Fsp3) is 0.500. The molecule has 8 heteroatoms. The van der Waals surface area contributed by atoms with E-state index in [0.29, 0.717) is 5.82 Å². The van der Waals surface area contributed by atoms with Crippen LogP contribution in [0.4, 0.5) is 0 Å². The zero-order valence-corrected chi connectivity index (χ0v) is 10.4. The monoisotopic (exact) mass is 250 g/mol. The second-order valence-corrected chi connectivity index (χ2v) is 4.23. The SMILES string of the molecule is Cc1nn(C)cc1-c1nnnn1CC(C)C(=O)O. The van der Waals surface area contributed by atoms with E-state index in [-0.39, 0.29) is 6.54 Å². The summed E-state index contributed by atoms with van der Waals surface area (Å²) in [4.78, 5) is 10.8. The average Bonchev–Trinajstić information content (AvgIpc) is 2.85. The summed E-state index contributed by atoms with van der Waals surface area (Å²) in [5.41, 5.74) is 1.61. The van der Waals surface area contributed by atoms with Gasteiger partial charge in [0, 0.05) is 13.2 Å². The Kier molecular flexibility index (Phi) is 3.09. The Balaban J connectivity index is 2.33. The Morgan fingerprint density at radius 2 is 2.28 bits per heavy atom. The lowest BCUT2D eigenvalue weighted by Gasteiger charge is -2.07. The molecule has 0 fully saturated rings. The second kappa shape index (κ2) is 4.55. The van der Waals surface area contributed by atoms with Crippen LogP contribution in [-0.2, 0) is 18.4 Å². The topological polar surface area (TPSA) is 98.7 Å². The zero-order valence-electron chi connectivity index (χ0n) is 10.4. The molecule has 0 saturated carbocycles. The minimum Gasteiger partial charge on any atom is -0.481 e. The maximum atomic E-state index is 10.8. The van der Waals surface area contributed by atoms with Crippen LogP contribution < -0.4 is 0 Å². The van der Waals surface area contributed by atoms with Gasteiger partial charge in [-0.25, -0.2) is 4.68 Å². The predicted octanol–water partition coefficient (Wildman–Crippen LogP) is 0.103. The number of carbonyl (C=O) groups is 1. The van der Waals surface area contributed by atoms with Gasteiger partial charge in [-0.2, -0.15) is 5.10 Å². The molecule has 8 nitrogen and oxygen atoms in total. The van der Waals surface area contributed by atoms with Crippen molar-refractivity contribution in [3.8, 4) is 11.4 Å². The van der Waals surface area contributed by atoms with E-state index in [9.17, 15) is 4.79 Å². The number of nitrogens with zero attached hydrogens (tertiary/aromatic N) is 6. The summed E-state index contributed by atoms with van der Waals surface area (Å²) in [7, 11) is 1.81. The minimum atomic E-state index is -0.876. The highest BCUT2D eigenvalue weighted by molar-refractivity contribution is 5.69. The maximum Gasteiger partial charge on any atom is 0.308 e. The van der Waals surface area contributed by atoms with Gasteiger partial charge in [0.25, 0.3) is 0 Å². The van der Waals surface area contributed by atoms with E-state index >= 15 is 0 Å². The number of aromatic nitrogens is 6. The molecule has 2 heterocycles. The molecule has 1 atom stereocenters. The van der Waals surface area contributed by atoms with Gasteiger partial charge in [-0.1, -0.05) is 6.92 Å². The second-order valence-electron chi connectivity index (χ2n) is 4.23. The van der Waals surface area contributed by atoms with Gasteiger partial charge in [-0.3, -0.25) is 9.48 Å². The van der Waals surface area contributed by atoms with Crippen LogP contribution in [-0.4, -0.2) is 41.1 Å². The molecule has 0 aliphatic carbocycles. The summed E-state index contributed by atoms with van der Waals surface area (Å²) >= 11 is 0. The van der Waals surface area contributed by atoms with Gasteiger partial charge >= 0.3 is 5.97 Å². The first-order chi connectivity index (χ1) is 8.49. The van der Waals surface area contributed by atoms with Crippen molar-refractivity contribution in [1.29, 1.82) is 0 Å². The van der Waals surface area contributed by atoms with Gasteiger partial charge in [0.15, 0.2) is 5.82 Å². The molecule has 0 bridgehead atoms. The van der Waals surface area contributed by atoms with Gasteiger partial charge in [0.05, 0.1) is 23.7 Å². The van der Waals surface area contributed by atoms with Crippen molar-refractivity contribution < 1.29 is 9.90 Å². The summed E-state index contributed by atoms with van der Waals surface area (Å²) in [6, 6.07) is 0. The van der Waals surface area contributed by atoms with Gasteiger partial charge in [-0.15, -0.1) is 5.10 Å². The third-order valence-corrected chi connectivity index (χ3v) is 2.65. The number of hydrogen-bond donors (Lipinski definition) is 1. The van der Waals surface area contributed by atoms with Crippen molar-refractivity contribution in [1.82, 2.24) is 30.0 Å². The van der Waals surface area contributed by atoms with Crippen LogP contribution in [0.25, 0.3) is 11.4 Å². The first kappa shape index (κ1) is 12.2. The van der Waals surface area contributed by atoms with Crippen LogP contribution in [0.2, 0.25) is 0 Å². The van der Waals surface area contributed by atoms with E-state index in [1.54, 1.807) is 11.6 Å². The van der Waals surface area contributed by atoms with Crippen LogP contribution in [0.5, 0.6) is 0 Å². The fourth-order valence-electron chi connectivity index (χ4n) is 1.68. The number of carboxylic acid groups (broad SMARTS) is 1. The number of aliphatic carboxylic acids is 1. The maximum absolute atomic E-state index is 10.8. The smallest absolute Gasteiger partial charge is 0.308 e. The quantitative estimate of drug-likeness (QED) is 0.826. The standard InChI is InChI=1S/C10H14N6O2/c1-6(10(17)18)4-16-9(11-13-14-16)8-5-15(3)12-7(8)2/h5-6H,4H2,1-3H3,(H,17,18). The molecule has 0 saturated heterocycles. The molecule has 1 N–H and O–H groups in total. The molecule has 0 aliphatic rings. The van der Waals surface area contributed by atoms with Crippen molar-refractivity contribution in [2.45, 2.75) is 20.4 Å². The lowest BCUT2D eigenvalue weighted by Crippen LogP contribution is -2.18. The summed E-state index contributed by atoms with van der Waals surface area (Å²) in [6.45, 7) is 3.70. The van der Waals surface area contributed by atoms with E-state index < -0.39 is 11.9 Å². The number of aryl methyl sites for hydroxylation is 2. The molecule has 0 spiro atoms. The Bertz CT molecular complexity index is 573. The van der Waals surface area contributed by atoms with Gasteiger partial charge in [0.2, 0.25) is 0 Å². The third kappa shape index (κ3) is 2.22. The normalized spacial score (nSPS) is 12.6. The molecule has 2 aromatic rings. The number of rotatable bonds is 4. The average molecular weight is 250 g/mol. The molecule has 1 unspecified atom stereocenters. The highest BCUT2D eigenvalue weighted by Crippen LogP contribution is 2.19. The van der Waals surface area contributed by atoms with Crippen molar-refractivity contribution >= 4 is 5.97 Å². The predicted molar refractivity (Wildman–Crippen MR) is 61.6 cm³/mol. The molecule has 96 valence electrons. The molecule has 0 aromatic carbocycles. The van der Waals surface area contributed by atoms with Crippen LogP contribution >= 0.6 is 0 Å². The molecular formula is C10H14N6O2. The lowest BCUT2D eigenvalue weighted by atomic mass is 10.2. The van der Waals surface area contributed by atoms with E-state index in [1.165, 1.54) is 4.68 Å². The van der Waals surface area contributed by atoms with Crippen LogP contribution in [0.15, 0.2) is 6.20 Å². The van der Waals surface area contributed by atoms with Crippen LogP contribution in [0.3, 0.4) is 0 Å². The zero-order chi connectivity index (χ0) is 13.3. The third-order valence-electron chi connectivity index (χ3n) is 2.65. The summed E-state index contributed by atoms with van der Waals surface area (Å²) in [5, 5.41) is 24.5. The van der Waals surface area contributed by atoms with E-state index in [0.717, 1.165) is 11.3 Å². The number of carboxylic acids is 1. The molecule has 2 aromatic heterocycles. The van der Waals surface area contributed by atoms with Gasteiger partial charge in [-0.05, 0) is 17.4 Å². The molecule has 0 radical (unpaired) electrons. The molecule has 2 rings (SSSR count). The van der Waals surface area contributed by atoms with Crippen LogP contribution in [0, 0.1) is 12.8 Å². The Labute approximate surface area is 103 Å². The first-order valence-electron chi connectivity index (χ1n) is 5.48. The van der Waals surface area contributed by atoms with Gasteiger partial charge in [0.1, 0.15) is 0 Å². The van der Waals surface area contributed by atoms with Crippen molar-refractivity contribution in [2.75, 3.05) is 0 Å². The first-order valence-corrected chi connectivity index (χ1v) is 5.48. The molecule has 0 aliphatic heterocycles. The van der Waals surface area contributed by atoms with E-state index in [1.807, 2.05) is 20.2 Å². The molecule has 18 heavy (non-hydrogen) atoms. The van der Waals surface area contributed by atoms with Crippen LogP contribution in [0.1, 0.15) is 12.6 Å². The van der Waals surface area contributed by atoms with Gasteiger partial charge < -0.3 is 5.11 Å². The summed E-state index contributed by atoms with van der Waals surface area (Å²) < 4.78 is 3.16. The Morgan fingerprint density at radius 3 is 2.83 bits per heavy atom.